The van der Waals surface area contributed by atoms with E-state index < -0.39 is 22.5 Å². The van der Waals surface area contributed by atoms with Crippen molar-refractivity contribution in [3.8, 4) is 0 Å². The number of hydrogen-bond donors (Lipinski definition) is 1. The highest BCUT2D eigenvalue weighted by molar-refractivity contribution is 7.89. The van der Waals surface area contributed by atoms with Crippen LogP contribution in [-0.2, 0) is 14.8 Å². The summed E-state index contributed by atoms with van der Waals surface area (Å²) in [7, 11) is -4.00. The molecule has 1 aromatic carbocycles. The SMILES string of the molecule is O=C([O-])CNS(=O)(=O)c1cc(Cl)ccc1Cl. The normalized spacial score (nSPS) is 11.4. The number of sulfonamides is 1. The topological polar surface area (TPSA) is 86.3 Å². The summed E-state index contributed by atoms with van der Waals surface area (Å²) >= 11 is 11.3. The Morgan fingerprint density at radius 3 is 2.56 bits per heavy atom. The van der Waals surface area contributed by atoms with E-state index in [2.05, 4.69) is 0 Å². The Morgan fingerprint density at radius 2 is 2.00 bits per heavy atom. The van der Waals surface area contributed by atoms with Gasteiger partial charge in [-0.1, -0.05) is 23.2 Å². The zero-order valence-corrected chi connectivity index (χ0v) is 10.1. The molecular weight excluding hydrogens is 277 g/mol. The van der Waals surface area contributed by atoms with Gasteiger partial charge in [-0.15, -0.1) is 0 Å². The third-order valence-corrected chi connectivity index (χ3v) is 3.71. The minimum absolute atomic E-state index is 0.0461. The number of hydrogen-bond acceptors (Lipinski definition) is 4. The molecule has 0 atom stereocenters. The van der Waals surface area contributed by atoms with Crippen LogP contribution in [0.5, 0.6) is 0 Å². The van der Waals surface area contributed by atoms with E-state index in [9.17, 15) is 18.3 Å². The molecule has 1 aromatic rings. The van der Waals surface area contributed by atoms with Crippen molar-refractivity contribution in [1.29, 1.82) is 0 Å². The van der Waals surface area contributed by atoms with Crippen LogP contribution in [0.4, 0.5) is 0 Å². The number of aliphatic carboxylic acids is 1. The van der Waals surface area contributed by atoms with E-state index in [4.69, 9.17) is 23.2 Å². The summed E-state index contributed by atoms with van der Waals surface area (Å²) in [6.45, 7) is -0.828. The molecule has 0 fully saturated rings. The van der Waals surface area contributed by atoms with E-state index in [0.29, 0.717) is 0 Å². The number of benzene rings is 1. The van der Waals surface area contributed by atoms with Crippen LogP contribution in [0.1, 0.15) is 0 Å². The second kappa shape index (κ2) is 5.01. The summed E-state index contributed by atoms with van der Waals surface area (Å²) in [5, 5.41) is 10.3. The molecule has 16 heavy (non-hydrogen) atoms. The van der Waals surface area contributed by atoms with E-state index in [-0.39, 0.29) is 14.9 Å². The van der Waals surface area contributed by atoms with Gasteiger partial charge in [0.1, 0.15) is 4.90 Å². The van der Waals surface area contributed by atoms with Gasteiger partial charge in [-0.3, -0.25) is 0 Å². The van der Waals surface area contributed by atoms with Gasteiger partial charge in [0.25, 0.3) is 0 Å². The highest BCUT2D eigenvalue weighted by atomic mass is 35.5. The molecule has 88 valence electrons. The molecule has 0 amide bonds. The standard InChI is InChI=1S/C8H7Cl2NO4S/c9-5-1-2-6(10)7(3-5)16(14,15)11-4-8(12)13/h1-3,11H,4H2,(H,12,13)/p-1. The second-order valence-corrected chi connectivity index (χ2v) is 5.35. The van der Waals surface area contributed by atoms with Crippen LogP contribution >= 0.6 is 23.2 Å². The maximum Gasteiger partial charge on any atom is 0.242 e. The largest absolute Gasteiger partial charge is 0.549 e. The van der Waals surface area contributed by atoms with Gasteiger partial charge in [0.15, 0.2) is 0 Å². The van der Waals surface area contributed by atoms with Crippen molar-refractivity contribution in [1.82, 2.24) is 4.72 Å². The molecule has 5 nitrogen and oxygen atoms in total. The number of carboxylic acid groups (broad SMARTS) is 1. The van der Waals surface area contributed by atoms with Gasteiger partial charge in [0.05, 0.1) is 17.5 Å². The lowest BCUT2D eigenvalue weighted by Crippen LogP contribution is -2.37. The average molecular weight is 283 g/mol. The van der Waals surface area contributed by atoms with Gasteiger partial charge >= 0.3 is 0 Å². The average Bonchev–Trinajstić information content (AvgIpc) is 2.19. The van der Waals surface area contributed by atoms with Gasteiger partial charge < -0.3 is 9.90 Å². The van der Waals surface area contributed by atoms with Crippen LogP contribution < -0.4 is 9.83 Å². The lowest BCUT2D eigenvalue weighted by Gasteiger charge is -2.08. The number of carbonyl (C=O) groups excluding carboxylic acids is 1. The van der Waals surface area contributed by atoms with E-state index in [1.54, 1.807) is 0 Å². The highest BCUT2D eigenvalue weighted by Gasteiger charge is 2.17. The fourth-order valence-electron chi connectivity index (χ4n) is 0.915. The molecule has 0 bridgehead atoms. The molecule has 0 aliphatic rings. The first kappa shape index (κ1) is 13.2. The molecule has 1 rings (SSSR count). The molecule has 0 aliphatic heterocycles. The van der Waals surface area contributed by atoms with Crippen LogP contribution in [0.15, 0.2) is 23.1 Å². The Bertz CT molecular complexity index is 515. The molecule has 0 saturated heterocycles. The van der Waals surface area contributed by atoms with Crippen molar-refractivity contribution in [3.63, 3.8) is 0 Å². The zero-order chi connectivity index (χ0) is 12.3. The fourth-order valence-corrected chi connectivity index (χ4v) is 2.64. The fraction of sp³-hybridized carbons (Fsp3) is 0.125. The maximum atomic E-state index is 11.6. The van der Waals surface area contributed by atoms with Crippen LogP contribution in [0.25, 0.3) is 0 Å². The minimum Gasteiger partial charge on any atom is -0.549 e. The van der Waals surface area contributed by atoms with Crippen LogP contribution in [0.3, 0.4) is 0 Å². The summed E-state index contributed by atoms with van der Waals surface area (Å²) in [5.41, 5.74) is 0. The smallest absolute Gasteiger partial charge is 0.242 e. The molecule has 0 saturated carbocycles. The summed E-state index contributed by atoms with van der Waals surface area (Å²) in [6.07, 6.45) is 0. The molecule has 0 unspecified atom stereocenters. The van der Waals surface area contributed by atoms with Crippen molar-refractivity contribution in [2.45, 2.75) is 4.90 Å². The highest BCUT2D eigenvalue weighted by Crippen LogP contribution is 2.24. The van der Waals surface area contributed by atoms with E-state index in [1.165, 1.54) is 12.1 Å². The van der Waals surface area contributed by atoms with Crippen molar-refractivity contribution < 1.29 is 18.3 Å². The number of carboxylic acids is 1. The molecule has 0 heterocycles. The third-order valence-electron chi connectivity index (χ3n) is 1.59. The molecule has 1 N–H and O–H groups in total. The van der Waals surface area contributed by atoms with Crippen molar-refractivity contribution in [3.05, 3.63) is 28.2 Å². The molecule has 0 aliphatic carbocycles. The predicted octanol–water partition coefficient (Wildman–Crippen LogP) is 0.0216. The van der Waals surface area contributed by atoms with E-state index >= 15 is 0 Å². The molecular formula is C8H6Cl2NO4S-. The minimum atomic E-state index is -4.00. The second-order valence-electron chi connectivity index (χ2n) is 2.77. The Morgan fingerprint density at radius 1 is 1.38 bits per heavy atom. The summed E-state index contributed by atoms with van der Waals surface area (Å²) in [5.74, 6) is -1.54. The Balaban J connectivity index is 3.07. The number of nitrogens with one attached hydrogen (secondary N) is 1. The van der Waals surface area contributed by atoms with E-state index in [1.807, 2.05) is 4.72 Å². The first-order valence-electron chi connectivity index (χ1n) is 3.97. The first-order chi connectivity index (χ1) is 7.33. The van der Waals surface area contributed by atoms with Gasteiger partial charge in [0.2, 0.25) is 10.0 Å². The summed E-state index contributed by atoms with van der Waals surface area (Å²) in [6, 6.07) is 3.85. The molecule has 0 spiro atoms. The van der Waals surface area contributed by atoms with Crippen LogP contribution in [0, 0.1) is 0 Å². The van der Waals surface area contributed by atoms with Gasteiger partial charge in [-0.25, -0.2) is 13.1 Å². The molecule has 0 radical (unpaired) electrons. The van der Waals surface area contributed by atoms with Gasteiger partial charge in [-0.2, -0.15) is 0 Å². The number of halogens is 2. The van der Waals surface area contributed by atoms with Gasteiger partial charge in [-0.05, 0) is 18.2 Å². The van der Waals surface area contributed by atoms with Crippen molar-refractivity contribution in [2.75, 3.05) is 6.54 Å². The lowest BCUT2D eigenvalue weighted by atomic mass is 10.4. The number of carbonyl (C=O) groups is 1. The summed E-state index contributed by atoms with van der Waals surface area (Å²) < 4.78 is 24.9. The zero-order valence-electron chi connectivity index (χ0n) is 7.74. The molecule has 0 aromatic heterocycles. The van der Waals surface area contributed by atoms with Crippen molar-refractivity contribution in [2.24, 2.45) is 0 Å². The first-order valence-corrected chi connectivity index (χ1v) is 6.21. The number of rotatable bonds is 4. The van der Waals surface area contributed by atoms with Crippen molar-refractivity contribution >= 4 is 39.2 Å². The van der Waals surface area contributed by atoms with Crippen LogP contribution in [-0.4, -0.2) is 20.9 Å². The quantitative estimate of drug-likeness (QED) is 0.844. The Kier molecular flexibility index (Phi) is 4.15. The Labute approximate surface area is 102 Å². The van der Waals surface area contributed by atoms with E-state index in [0.717, 1.165) is 6.07 Å². The van der Waals surface area contributed by atoms with Crippen LogP contribution in [0.2, 0.25) is 10.0 Å². The summed E-state index contributed by atoms with van der Waals surface area (Å²) in [4.78, 5) is 9.86. The third kappa shape index (κ3) is 3.34. The monoisotopic (exact) mass is 282 g/mol. The maximum absolute atomic E-state index is 11.6. The van der Waals surface area contributed by atoms with Gasteiger partial charge in [0, 0.05) is 5.02 Å². The predicted molar refractivity (Wildman–Crippen MR) is 56.7 cm³/mol. The Hall–Kier alpha value is -0.820. The molecule has 8 heteroatoms. The lowest BCUT2D eigenvalue weighted by molar-refractivity contribution is -0.303.